The van der Waals surface area contributed by atoms with Crippen LogP contribution in [0.1, 0.15) is 11.5 Å². The molecule has 0 unspecified atom stereocenters. The molecule has 0 radical (unpaired) electrons. The number of rotatable bonds is 5. The Morgan fingerprint density at radius 1 is 1.04 bits per heavy atom. The van der Waals surface area contributed by atoms with Gasteiger partial charge in [-0.15, -0.1) is 10.2 Å². The lowest BCUT2D eigenvalue weighted by molar-refractivity contribution is 0.356. The van der Waals surface area contributed by atoms with E-state index >= 15 is 0 Å². The lowest BCUT2D eigenvalue weighted by atomic mass is 10.1. The van der Waals surface area contributed by atoms with E-state index in [-0.39, 0.29) is 6.54 Å². The van der Waals surface area contributed by atoms with Gasteiger partial charge in [0.15, 0.2) is 0 Å². The molecule has 0 fully saturated rings. The van der Waals surface area contributed by atoms with Gasteiger partial charge >= 0.3 is 0 Å². The summed E-state index contributed by atoms with van der Waals surface area (Å²) in [6.07, 6.45) is 0. The Balaban J connectivity index is 1.52. The third-order valence-corrected chi connectivity index (χ3v) is 3.84. The normalized spacial score (nSPS) is 10.8. The minimum absolute atomic E-state index is 0.246. The highest BCUT2D eigenvalue weighted by molar-refractivity contribution is 5.57. The molecule has 0 atom stereocenters. The fraction of sp³-hybridized carbons (Fsp3) is 0.167. The first-order valence-corrected chi connectivity index (χ1v) is 8.03. The molecule has 4 rings (SSSR count). The van der Waals surface area contributed by atoms with Gasteiger partial charge in [0, 0.05) is 11.1 Å². The van der Waals surface area contributed by atoms with Gasteiger partial charge in [-0.1, -0.05) is 47.1 Å². The fourth-order valence-corrected chi connectivity index (χ4v) is 2.45. The summed E-state index contributed by atoms with van der Waals surface area (Å²) in [5.74, 6) is 2.17. The zero-order valence-corrected chi connectivity index (χ0v) is 14.3. The number of hydrogen-bond acceptors (Lipinski definition) is 7. The monoisotopic (exact) mass is 348 g/mol. The van der Waals surface area contributed by atoms with E-state index in [1.807, 2.05) is 55.5 Å². The molecule has 0 aliphatic rings. The third-order valence-electron chi connectivity index (χ3n) is 3.84. The lowest BCUT2D eigenvalue weighted by Crippen LogP contribution is -2.04. The van der Waals surface area contributed by atoms with Gasteiger partial charge in [-0.05, 0) is 24.3 Å². The van der Waals surface area contributed by atoms with Gasteiger partial charge in [0.25, 0.3) is 5.89 Å². The first-order chi connectivity index (χ1) is 12.7. The fourth-order valence-electron chi connectivity index (χ4n) is 2.45. The van der Waals surface area contributed by atoms with Gasteiger partial charge in [0.1, 0.15) is 12.3 Å². The minimum Gasteiger partial charge on any atom is -0.497 e. The van der Waals surface area contributed by atoms with Crippen LogP contribution in [0, 0.1) is 6.92 Å². The van der Waals surface area contributed by atoms with Crippen molar-refractivity contribution in [3.63, 3.8) is 0 Å². The van der Waals surface area contributed by atoms with E-state index in [2.05, 4.69) is 25.6 Å². The van der Waals surface area contributed by atoms with E-state index in [4.69, 9.17) is 9.26 Å². The molecule has 0 aliphatic carbocycles. The number of ether oxygens (including phenoxy) is 1. The Hall–Kier alpha value is -3.55. The van der Waals surface area contributed by atoms with Crippen molar-refractivity contribution in [2.45, 2.75) is 13.5 Å². The van der Waals surface area contributed by atoms with Crippen molar-refractivity contribution in [3.8, 4) is 28.5 Å². The maximum atomic E-state index is 5.30. The van der Waals surface area contributed by atoms with Crippen LogP contribution in [0.4, 0.5) is 0 Å². The zero-order chi connectivity index (χ0) is 17.9. The van der Waals surface area contributed by atoms with E-state index < -0.39 is 0 Å². The van der Waals surface area contributed by atoms with Gasteiger partial charge in [-0.25, -0.2) is 0 Å². The predicted octanol–water partition coefficient (Wildman–Crippen LogP) is 2.76. The number of methoxy groups -OCH3 is 1. The Labute approximate surface area is 149 Å². The number of aromatic nitrogens is 6. The van der Waals surface area contributed by atoms with E-state index in [1.165, 1.54) is 10.4 Å². The van der Waals surface area contributed by atoms with Crippen LogP contribution in [0.25, 0.3) is 22.8 Å². The summed E-state index contributed by atoms with van der Waals surface area (Å²) in [5.41, 5.74) is 2.90. The van der Waals surface area contributed by atoms with Gasteiger partial charge < -0.3 is 9.26 Å². The summed E-state index contributed by atoms with van der Waals surface area (Å²) in [4.78, 5) is 5.81. The summed E-state index contributed by atoms with van der Waals surface area (Å²) < 4.78 is 10.5. The highest BCUT2D eigenvalue weighted by Crippen LogP contribution is 2.21. The Morgan fingerprint density at radius 2 is 1.88 bits per heavy atom. The molecule has 4 aromatic rings. The lowest BCUT2D eigenvalue weighted by Gasteiger charge is -1.99. The number of benzene rings is 2. The van der Waals surface area contributed by atoms with Gasteiger partial charge in [0.2, 0.25) is 11.6 Å². The molecule has 0 amide bonds. The van der Waals surface area contributed by atoms with E-state index in [1.54, 1.807) is 7.11 Å². The van der Waals surface area contributed by atoms with Crippen molar-refractivity contribution in [1.29, 1.82) is 0 Å². The minimum atomic E-state index is 0.246. The second kappa shape index (κ2) is 6.75. The molecule has 0 aliphatic heterocycles. The average Bonchev–Trinajstić information content (AvgIpc) is 3.33. The predicted molar refractivity (Wildman–Crippen MR) is 93.4 cm³/mol. The van der Waals surface area contributed by atoms with Crippen LogP contribution in [-0.4, -0.2) is 37.5 Å². The van der Waals surface area contributed by atoms with Crippen LogP contribution in [-0.2, 0) is 6.54 Å². The summed E-state index contributed by atoms with van der Waals surface area (Å²) >= 11 is 0. The van der Waals surface area contributed by atoms with Crippen LogP contribution in [0.3, 0.4) is 0 Å². The van der Waals surface area contributed by atoms with Crippen LogP contribution in [0.5, 0.6) is 5.75 Å². The highest BCUT2D eigenvalue weighted by Gasteiger charge is 2.12. The molecule has 0 spiro atoms. The Morgan fingerprint density at radius 3 is 2.69 bits per heavy atom. The van der Waals surface area contributed by atoms with Crippen LogP contribution < -0.4 is 4.74 Å². The molecule has 0 bridgehead atoms. The molecular formula is C18H16N6O2. The third kappa shape index (κ3) is 3.30. The summed E-state index contributed by atoms with van der Waals surface area (Å²) in [5, 5.41) is 16.5. The SMILES string of the molecule is COc1cccc(-c2noc(Cn3nnc(-c4ccc(C)cc4)n3)n2)c1. The number of hydrogen-bond donors (Lipinski definition) is 0. The molecule has 2 heterocycles. The van der Waals surface area contributed by atoms with Gasteiger partial charge in [0.05, 0.1) is 7.11 Å². The number of nitrogens with zero attached hydrogens (tertiary/aromatic N) is 6. The Kier molecular flexibility index (Phi) is 4.14. The van der Waals surface area contributed by atoms with E-state index in [9.17, 15) is 0 Å². The molecule has 26 heavy (non-hydrogen) atoms. The van der Waals surface area contributed by atoms with E-state index in [0.717, 1.165) is 16.9 Å². The largest absolute Gasteiger partial charge is 0.497 e. The summed E-state index contributed by atoms with van der Waals surface area (Å²) in [6.45, 7) is 2.28. The zero-order valence-electron chi connectivity index (χ0n) is 14.3. The van der Waals surface area contributed by atoms with Gasteiger partial charge in [-0.2, -0.15) is 9.78 Å². The van der Waals surface area contributed by atoms with Gasteiger partial charge in [-0.3, -0.25) is 0 Å². The standard InChI is InChI=1S/C18H16N6O2/c1-12-6-8-13(9-7-12)18-20-23-24(21-18)11-16-19-17(22-26-16)14-4-3-5-15(10-14)25-2/h3-10H,11H2,1-2H3. The molecule has 130 valence electrons. The van der Waals surface area contributed by atoms with Crippen molar-refractivity contribution in [2.24, 2.45) is 0 Å². The maximum Gasteiger partial charge on any atom is 0.250 e. The second-order valence-corrected chi connectivity index (χ2v) is 5.75. The van der Waals surface area contributed by atoms with Crippen molar-refractivity contribution in [2.75, 3.05) is 7.11 Å². The Bertz CT molecular complexity index is 1020. The molecule has 2 aromatic carbocycles. The van der Waals surface area contributed by atoms with Crippen molar-refractivity contribution >= 4 is 0 Å². The molecular weight excluding hydrogens is 332 g/mol. The molecule has 8 nitrogen and oxygen atoms in total. The van der Waals surface area contributed by atoms with Crippen LogP contribution >= 0.6 is 0 Å². The molecule has 0 saturated carbocycles. The number of tetrazole rings is 1. The molecule has 8 heteroatoms. The van der Waals surface area contributed by atoms with Crippen molar-refractivity contribution < 1.29 is 9.26 Å². The van der Waals surface area contributed by atoms with Crippen molar-refractivity contribution in [1.82, 2.24) is 30.3 Å². The first kappa shape index (κ1) is 15.9. The summed E-state index contributed by atoms with van der Waals surface area (Å²) in [7, 11) is 1.61. The topological polar surface area (TPSA) is 91.8 Å². The summed E-state index contributed by atoms with van der Waals surface area (Å²) in [6, 6.07) is 15.4. The van der Waals surface area contributed by atoms with Crippen LogP contribution in [0.15, 0.2) is 53.1 Å². The molecule has 0 N–H and O–H groups in total. The quantitative estimate of drug-likeness (QED) is 0.547. The van der Waals surface area contributed by atoms with E-state index in [0.29, 0.717) is 17.5 Å². The molecule has 0 saturated heterocycles. The average molecular weight is 348 g/mol. The van der Waals surface area contributed by atoms with Crippen LogP contribution in [0.2, 0.25) is 0 Å². The smallest absolute Gasteiger partial charge is 0.250 e. The molecule has 2 aromatic heterocycles. The first-order valence-electron chi connectivity index (χ1n) is 8.03. The maximum absolute atomic E-state index is 5.30. The number of aryl methyl sites for hydroxylation is 1. The second-order valence-electron chi connectivity index (χ2n) is 5.75. The highest BCUT2D eigenvalue weighted by atomic mass is 16.5. The van der Waals surface area contributed by atoms with Crippen molar-refractivity contribution in [3.05, 3.63) is 60.0 Å².